The number of rotatable bonds is 6. The molecule has 8 nitrogen and oxygen atoms in total. The topological polar surface area (TPSA) is 111 Å². The second kappa shape index (κ2) is 9.74. The molecule has 2 heterocycles. The molecule has 3 aromatic rings. The number of carbonyl (C=O) groups excluding carboxylic acids is 3. The fourth-order valence-corrected chi connectivity index (χ4v) is 4.92. The molecular formula is C24H23N3O5S. The molecule has 0 aliphatic carbocycles. The second-order valence-electron chi connectivity index (χ2n) is 7.31. The molecule has 0 saturated carbocycles. The van der Waals surface area contributed by atoms with Crippen LogP contribution in [0.25, 0.3) is 0 Å². The first kappa shape index (κ1) is 22.3. The fraction of sp³-hybridized carbons (Fsp3) is 0.208. The lowest BCUT2D eigenvalue weighted by Crippen LogP contribution is -2.36. The number of thiophene rings is 1. The van der Waals surface area contributed by atoms with Crippen LogP contribution in [0.15, 0.2) is 54.6 Å². The van der Waals surface area contributed by atoms with Gasteiger partial charge in [0.2, 0.25) is 0 Å². The number of nitrogens with one attached hydrogen (secondary N) is 1. The van der Waals surface area contributed by atoms with Crippen molar-refractivity contribution in [1.29, 1.82) is 0 Å². The minimum atomic E-state index is -0.624. The van der Waals surface area contributed by atoms with Crippen LogP contribution in [0.3, 0.4) is 0 Å². The van der Waals surface area contributed by atoms with Gasteiger partial charge in [-0.25, -0.2) is 4.79 Å². The van der Waals surface area contributed by atoms with Gasteiger partial charge in [-0.3, -0.25) is 9.59 Å². The number of benzene rings is 2. The maximum atomic E-state index is 13.1. The van der Waals surface area contributed by atoms with Gasteiger partial charge in [0.25, 0.3) is 11.8 Å². The van der Waals surface area contributed by atoms with Crippen molar-refractivity contribution in [3.63, 3.8) is 0 Å². The number of hydrogen-bond acceptors (Lipinski definition) is 6. The summed E-state index contributed by atoms with van der Waals surface area (Å²) >= 11 is 1.24. The Morgan fingerprint density at radius 3 is 2.55 bits per heavy atom. The first-order valence-electron chi connectivity index (χ1n) is 10.5. The van der Waals surface area contributed by atoms with Crippen molar-refractivity contribution < 1.29 is 23.9 Å². The summed E-state index contributed by atoms with van der Waals surface area (Å²) in [4.78, 5) is 39.9. The smallest absolute Gasteiger partial charge is 0.410 e. The van der Waals surface area contributed by atoms with Gasteiger partial charge in [0.1, 0.15) is 16.5 Å². The highest BCUT2D eigenvalue weighted by molar-refractivity contribution is 7.17. The van der Waals surface area contributed by atoms with E-state index >= 15 is 0 Å². The molecule has 0 saturated heterocycles. The van der Waals surface area contributed by atoms with Crippen molar-refractivity contribution in [2.45, 2.75) is 19.9 Å². The van der Waals surface area contributed by atoms with E-state index in [0.717, 1.165) is 10.4 Å². The first-order chi connectivity index (χ1) is 16.0. The van der Waals surface area contributed by atoms with Crippen LogP contribution in [0.2, 0.25) is 0 Å². The normalized spacial score (nSPS) is 12.6. The highest BCUT2D eigenvalue weighted by Crippen LogP contribution is 2.38. The van der Waals surface area contributed by atoms with E-state index in [0.29, 0.717) is 41.6 Å². The summed E-state index contributed by atoms with van der Waals surface area (Å²) in [6, 6.07) is 16.0. The Bertz CT molecular complexity index is 1190. The average Bonchev–Trinajstić information content (AvgIpc) is 3.17. The number of nitrogens with zero attached hydrogens (tertiary/aromatic N) is 1. The maximum Gasteiger partial charge on any atom is 0.410 e. The Hall–Kier alpha value is -3.85. The number of nitrogens with two attached hydrogens (primary N) is 1. The molecule has 170 valence electrons. The van der Waals surface area contributed by atoms with E-state index in [-0.39, 0.29) is 12.2 Å². The third kappa shape index (κ3) is 4.83. The van der Waals surface area contributed by atoms with Crippen molar-refractivity contribution in [3.05, 3.63) is 76.2 Å². The second-order valence-corrected chi connectivity index (χ2v) is 8.41. The van der Waals surface area contributed by atoms with E-state index < -0.39 is 17.9 Å². The Balaban J connectivity index is 1.60. The number of fused-ring (bicyclic) bond motifs is 1. The minimum absolute atomic E-state index is 0.283. The highest BCUT2D eigenvalue weighted by Gasteiger charge is 2.30. The monoisotopic (exact) mass is 465 g/mol. The summed E-state index contributed by atoms with van der Waals surface area (Å²) in [5.41, 5.74) is 7.02. The number of para-hydroxylation sites is 2. The largest absolute Gasteiger partial charge is 0.457 e. The lowest BCUT2D eigenvalue weighted by atomic mass is 10.0. The third-order valence-electron chi connectivity index (χ3n) is 5.16. The van der Waals surface area contributed by atoms with Gasteiger partial charge >= 0.3 is 6.09 Å². The molecular weight excluding hydrogens is 442 g/mol. The van der Waals surface area contributed by atoms with Crippen LogP contribution in [-0.4, -0.2) is 36.0 Å². The van der Waals surface area contributed by atoms with E-state index in [1.165, 1.54) is 11.3 Å². The molecule has 1 aromatic heterocycles. The molecule has 0 bridgehead atoms. The molecule has 2 aromatic carbocycles. The van der Waals surface area contributed by atoms with Crippen molar-refractivity contribution in [3.8, 4) is 11.5 Å². The van der Waals surface area contributed by atoms with Crippen molar-refractivity contribution in [2.24, 2.45) is 5.73 Å². The fourth-order valence-electron chi connectivity index (χ4n) is 3.65. The van der Waals surface area contributed by atoms with Crippen molar-refractivity contribution >= 4 is 34.2 Å². The number of anilines is 1. The molecule has 0 spiro atoms. The van der Waals surface area contributed by atoms with Crippen LogP contribution in [0.5, 0.6) is 11.5 Å². The third-order valence-corrected chi connectivity index (χ3v) is 6.29. The van der Waals surface area contributed by atoms with E-state index in [4.69, 9.17) is 15.2 Å². The number of ether oxygens (including phenoxy) is 2. The Morgan fingerprint density at radius 1 is 1.09 bits per heavy atom. The summed E-state index contributed by atoms with van der Waals surface area (Å²) < 4.78 is 11.0. The van der Waals surface area contributed by atoms with Gasteiger partial charge in [0.05, 0.1) is 24.3 Å². The van der Waals surface area contributed by atoms with Crippen LogP contribution in [0.1, 0.15) is 38.1 Å². The highest BCUT2D eigenvalue weighted by atomic mass is 32.1. The molecule has 1 aliphatic heterocycles. The van der Waals surface area contributed by atoms with Crippen LogP contribution in [0, 0.1) is 0 Å². The van der Waals surface area contributed by atoms with Crippen molar-refractivity contribution in [2.75, 3.05) is 18.5 Å². The first-order valence-corrected chi connectivity index (χ1v) is 11.3. The standard InChI is InChI=1S/C24H23N3O5S/c1-2-31-24(30)27-13-12-17-19(14-27)33-23(20(17)21(25)28)26-22(29)16-10-6-7-11-18(16)32-15-8-4-3-5-9-15/h3-11H,2,12-14H2,1H3,(H2,25,28)(H,26,29). The molecule has 3 amide bonds. The van der Waals surface area contributed by atoms with E-state index in [2.05, 4.69) is 5.32 Å². The summed E-state index contributed by atoms with van der Waals surface area (Å²) in [7, 11) is 0. The molecule has 0 unspecified atom stereocenters. The average molecular weight is 466 g/mol. The molecule has 3 N–H and O–H groups in total. The van der Waals surface area contributed by atoms with Gasteiger partial charge in [-0.05, 0) is 43.2 Å². The molecule has 9 heteroatoms. The number of carbonyl (C=O) groups is 3. The summed E-state index contributed by atoms with van der Waals surface area (Å²) in [5, 5.41) is 3.18. The SMILES string of the molecule is CCOC(=O)N1CCc2c(sc(NC(=O)c3ccccc3Oc3ccccc3)c2C(N)=O)C1. The molecule has 1 aliphatic rings. The minimum Gasteiger partial charge on any atom is -0.457 e. The number of primary amides is 1. The lowest BCUT2D eigenvalue weighted by molar-refractivity contribution is 0.0997. The van der Waals surface area contributed by atoms with Crippen LogP contribution < -0.4 is 15.8 Å². The summed E-state index contributed by atoms with van der Waals surface area (Å²) in [6.45, 7) is 2.73. The quantitative estimate of drug-likeness (QED) is 0.560. The predicted molar refractivity (Wildman–Crippen MR) is 125 cm³/mol. The van der Waals surface area contributed by atoms with Gasteiger partial charge < -0.3 is 25.4 Å². The summed E-state index contributed by atoms with van der Waals surface area (Å²) in [5.74, 6) is -0.0658. The van der Waals surface area contributed by atoms with E-state index in [9.17, 15) is 14.4 Å². The molecule has 0 radical (unpaired) electrons. The van der Waals surface area contributed by atoms with Gasteiger partial charge in [-0.2, -0.15) is 0 Å². The zero-order valence-corrected chi connectivity index (χ0v) is 18.8. The van der Waals surface area contributed by atoms with Crippen LogP contribution in [0.4, 0.5) is 9.80 Å². The molecule has 4 rings (SSSR count). The van der Waals surface area contributed by atoms with Crippen LogP contribution in [-0.2, 0) is 17.7 Å². The molecule has 33 heavy (non-hydrogen) atoms. The number of amides is 3. The summed E-state index contributed by atoms with van der Waals surface area (Å²) in [6.07, 6.45) is 0.0432. The van der Waals surface area contributed by atoms with Gasteiger partial charge in [-0.1, -0.05) is 30.3 Å². The van der Waals surface area contributed by atoms with Crippen molar-refractivity contribution in [1.82, 2.24) is 4.90 Å². The molecule has 0 fully saturated rings. The van der Waals surface area contributed by atoms with Crippen LogP contribution >= 0.6 is 11.3 Å². The van der Waals surface area contributed by atoms with E-state index in [1.54, 1.807) is 48.2 Å². The predicted octanol–water partition coefficient (Wildman–Crippen LogP) is 4.41. The maximum absolute atomic E-state index is 13.1. The zero-order valence-electron chi connectivity index (χ0n) is 18.0. The van der Waals surface area contributed by atoms with Gasteiger partial charge in [-0.15, -0.1) is 11.3 Å². The Labute approximate surface area is 194 Å². The zero-order chi connectivity index (χ0) is 23.4. The Kier molecular flexibility index (Phi) is 6.60. The Morgan fingerprint density at radius 2 is 1.82 bits per heavy atom. The molecule has 0 atom stereocenters. The van der Waals surface area contributed by atoms with Gasteiger partial charge in [0, 0.05) is 11.4 Å². The lowest BCUT2D eigenvalue weighted by Gasteiger charge is -2.26. The van der Waals surface area contributed by atoms with E-state index in [1.807, 2.05) is 18.2 Å². The number of hydrogen-bond donors (Lipinski definition) is 2. The van der Waals surface area contributed by atoms with Gasteiger partial charge in [0.15, 0.2) is 0 Å².